The van der Waals surface area contributed by atoms with Crippen molar-refractivity contribution in [3.05, 3.63) is 54.6 Å². The number of hydrogen-bond donors (Lipinski definition) is 0. The summed E-state index contributed by atoms with van der Waals surface area (Å²) in [4.78, 5) is 11.7. The molecule has 0 aliphatic carbocycles. The number of hydrogen-bond acceptors (Lipinski definition) is 2. The zero-order valence-corrected chi connectivity index (χ0v) is 12.0. The summed E-state index contributed by atoms with van der Waals surface area (Å²) < 4.78 is 5.34. The lowest BCUT2D eigenvalue weighted by molar-refractivity contribution is -0.135. The van der Waals surface area contributed by atoms with Crippen LogP contribution >= 0.6 is 0 Å². The Hall–Kier alpha value is -2.09. The molecule has 0 saturated heterocycles. The highest BCUT2D eigenvalue weighted by molar-refractivity contribution is 5.73. The van der Waals surface area contributed by atoms with Gasteiger partial charge in [0.25, 0.3) is 0 Å². The number of benzene rings is 2. The second-order valence-corrected chi connectivity index (χ2v) is 5.08. The molecule has 0 aliphatic rings. The van der Waals surface area contributed by atoms with E-state index in [1.54, 1.807) is 0 Å². The first-order valence-corrected chi connectivity index (χ1v) is 7.05. The third-order valence-electron chi connectivity index (χ3n) is 3.41. The van der Waals surface area contributed by atoms with E-state index in [0.29, 0.717) is 18.1 Å². The van der Waals surface area contributed by atoms with Gasteiger partial charge in [-0.05, 0) is 29.2 Å². The first-order valence-electron chi connectivity index (χ1n) is 7.05. The van der Waals surface area contributed by atoms with Crippen molar-refractivity contribution in [3.63, 3.8) is 0 Å². The minimum absolute atomic E-state index is 0.160. The third kappa shape index (κ3) is 3.95. The molecule has 2 heteroatoms. The Morgan fingerprint density at radius 1 is 1.00 bits per heavy atom. The molecular formula is C18H20O2. The minimum Gasteiger partial charge on any atom is -0.427 e. The Balaban J connectivity index is 2.00. The van der Waals surface area contributed by atoms with Crippen LogP contribution in [-0.2, 0) is 4.79 Å². The standard InChI is InChI=1S/C18H20O2/c1-3-14(2)13-18(19)20-17-11-9-16(10-12-17)15-7-5-4-6-8-15/h4-12,14H,3,13H2,1-2H3. The molecule has 0 heterocycles. The van der Waals surface area contributed by atoms with E-state index in [1.165, 1.54) is 0 Å². The molecule has 2 aromatic carbocycles. The van der Waals surface area contributed by atoms with Crippen molar-refractivity contribution in [1.29, 1.82) is 0 Å². The molecule has 20 heavy (non-hydrogen) atoms. The Labute approximate surface area is 120 Å². The molecule has 0 N–H and O–H groups in total. The maximum Gasteiger partial charge on any atom is 0.311 e. The van der Waals surface area contributed by atoms with Crippen molar-refractivity contribution in [2.75, 3.05) is 0 Å². The minimum atomic E-state index is -0.160. The highest BCUT2D eigenvalue weighted by Crippen LogP contribution is 2.22. The highest BCUT2D eigenvalue weighted by atomic mass is 16.5. The van der Waals surface area contributed by atoms with Crippen LogP contribution in [0.3, 0.4) is 0 Å². The predicted octanol–water partition coefficient (Wildman–Crippen LogP) is 4.70. The van der Waals surface area contributed by atoms with Gasteiger partial charge in [-0.25, -0.2) is 0 Å². The molecule has 0 aliphatic heterocycles. The third-order valence-corrected chi connectivity index (χ3v) is 3.41. The largest absolute Gasteiger partial charge is 0.427 e. The average molecular weight is 268 g/mol. The van der Waals surface area contributed by atoms with Gasteiger partial charge in [0.1, 0.15) is 5.75 Å². The van der Waals surface area contributed by atoms with Crippen LogP contribution in [0.2, 0.25) is 0 Å². The lowest BCUT2D eigenvalue weighted by Gasteiger charge is -2.09. The molecule has 1 unspecified atom stereocenters. The number of rotatable bonds is 5. The molecule has 0 bridgehead atoms. The van der Waals surface area contributed by atoms with Gasteiger partial charge in [-0.1, -0.05) is 62.7 Å². The van der Waals surface area contributed by atoms with Crippen LogP contribution in [0.1, 0.15) is 26.7 Å². The van der Waals surface area contributed by atoms with E-state index in [2.05, 4.69) is 26.0 Å². The fourth-order valence-corrected chi connectivity index (χ4v) is 1.95. The summed E-state index contributed by atoms with van der Waals surface area (Å²) in [6.45, 7) is 4.13. The average Bonchev–Trinajstić information content (AvgIpc) is 2.48. The van der Waals surface area contributed by atoms with E-state index in [-0.39, 0.29) is 5.97 Å². The van der Waals surface area contributed by atoms with Crippen LogP contribution in [0.15, 0.2) is 54.6 Å². The lowest BCUT2D eigenvalue weighted by Crippen LogP contribution is -2.11. The zero-order chi connectivity index (χ0) is 14.4. The second-order valence-electron chi connectivity index (χ2n) is 5.08. The van der Waals surface area contributed by atoms with Gasteiger partial charge in [0.15, 0.2) is 0 Å². The first-order chi connectivity index (χ1) is 9.69. The van der Waals surface area contributed by atoms with E-state index in [9.17, 15) is 4.79 Å². The molecule has 2 aromatic rings. The van der Waals surface area contributed by atoms with Gasteiger partial charge in [0, 0.05) is 6.42 Å². The number of carbonyl (C=O) groups is 1. The predicted molar refractivity (Wildman–Crippen MR) is 81.6 cm³/mol. The van der Waals surface area contributed by atoms with Gasteiger partial charge in [0.2, 0.25) is 0 Å². The fourth-order valence-electron chi connectivity index (χ4n) is 1.95. The van der Waals surface area contributed by atoms with Crippen molar-refractivity contribution >= 4 is 5.97 Å². The topological polar surface area (TPSA) is 26.3 Å². The van der Waals surface area contributed by atoms with E-state index < -0.39 is 0 Å². The van der Waals surface area contributed by atoms with Crippen molar-refractivity contribution in [2.24, 2.45) is 5.92 Å². The van der Waals surface area contributed by atoms with E-state index in [4.69, 9.17) is 4.74 Å². The molecule has 0 aromatic heterocycles. The quantitative estimate of drug-likeness (QED) is 0.580. The van der Waals surface area contributed by atoms with Crippen LogP contribution in [0.5, 0.6) is 5.75 Å². The van der Waals surface area contributed by atoms with Gasteiger partial charge in [-0.3, -0.25) is 4.79 Å². The monoisotopic (exact) mass is 268 g/mol. The molecular weight excluding hydrogens is 248 g/mol. The molecule has 0 radical (unpaired) electrons. The Morgan fingerprint density at radius 3 is 2.20 bits per heavy atom. The summed E-state index contributed by atoms with van der Waals surface area (Å²) >= 11 is 0. The molecule has 2 nitrogen and oxygen atoms in total. The fraction of sp³-hybridized carbons (Fsp3) is 0.278. The Kier molecular flexibility index (Phi) is 4.94. The van der Waals surface area contributed by atoms with E-state index >= 15 is 0 Å². The van der Waals surface area contributed by atoms with Crippen molar-refractivity contribution < 1.29 is 9.53 Å². The molecule has 2 rings (SSSR count). The summed E-state index contributed by atoms with van der Waals surface area (Å²) in [5.74, 6) is 0.816. The summed E-state index contributed by atoms with van der Waals surface area (Å²) in [6.07, 6.45) is 1.46. The Bertz CT molecular complexity index is 543. The van der Waals surface area contributed by atoms with Crippen LogP contribution in [0.4, 0.5) is 0 Å². The maximum atomic E-state index is 11.7. The van der Waals surface area contributed by atoms with Crippen molar-refractivity contribution in [2.45, 2.75) is 26.7 Å². The van der Waals surface area contributed by atoms with Crippen LogP contribution < -0.4 is 4.74 Å². The van der Waals surface area contributed by atoms with Crippen LogP contribution in [0, 0.1) is 5.92 Å². The number of carbonyl (C=O) groups excluding carboxylic acids is 1. The molecule has 0 amide bonds. The lowest BCUT2D eigenvalue weighted by atomic mass is 10.1. The maximum absolute atomic E-state index is 11.7. The zero-order valence-electron chi connectivity index (χ0n) is 12.0. The first kappa shape index (κ1) is 14.3. The van der Waals surface area contributed by atoms with Gasteiger partial charge < -0.3 is 4.74 Å². The second kappa shape index (κ2) is 6.90. The molecule has 0 spiro atoms. The van der Waals surface area contributed by atoms with Crippen molar-refractivity contribution in [1.82, 2.24) is 0 Å². The Morgan fingerprint density at radius 2 is 1.60 bits per heavy atom. The normalized spacial score (nSPS) is 11.9. The van der Waals surface area contributed by atoms with Gasteiger partial charge in [0.05, 0.1) is 0 Å². The summed E-state index contributed by atoms with van der Waals surface area (Å²) in [5.41, 5.74) is 2.28. The van der Waals surface area contributed by atoms with Gasteiger partial charge in [-0.15, -0.1) is 0 Å². The van der Waals surface area contributed by atoms with E-state index in [1.807, 2.05) is 42.5 Å². The molecule has 1 atom stereocenters. The van der Waals surface area contributed by atoms with Crippen LogP contribution in [-0.4, -0.2) is 5.97 Å². The SMILES string of the molecule is CCC(C)CC(=O)Oc1ccc(-c2ccccc2)cc1. The number of ether oxygens (including phenoxy) is 1. The molecule has 104 valence electrons. The summed E-state index contributed by atoms with van der Waals surface area (Å²) in [5, 5.41) is 0. The summed E-state index contributed by atoms with van der Waals surface area (Å²) in [7, 11) is 0. The highest BCUT2D eigenvalue weighted by Gasteiger charge is 2.09. The van der Waals surface area contributed by atoms with Crippen molar-refractivity contribution in [3.8, 4) is 16.9 Å². The van der Waals surface area contributed by atoms with E-state index in [0.717, 1.165) is 17.5 Å². The summed E-state index contributed by atoms with van der Waals surface area (Å²) in [6, 6.07) is 17.8. The number of esters is 1. The molecule has 0 saturated carbocycles. The van der Waals surface area contributed by atoms with Crippen LogP contribution in [0.25, 0.3) is 11.1 Å². The van der Waals surface area contributed by atoms with Gasteiger partial charge in [-0.2, -0.15) is 0 Å². The smallest absolute Gasteiger partial charge is 0.311 e. The van der Waals surface area contributed by atoms with Gasteiger partial charge >= 0.3 is 5.97 Å². The molecule has 0 fully saturated rings.